The summed E-state index contributed by atoms with van der Waals surface area (Å²) < 4.78 is 0. The van der Waals surface area contributed by atoms with E-state index in [1.54, 1.807) is 0 Å². The Kier molecular flexibility index (Phi) is 2.50. The van der Waals surface area contributed by atoms with Gasteiger partial charge in [0, 0.05) is 17.0 Å². The number of carbonyl (C=O) groups is 1. The summed E-state index contributed by atoms with van der Waals surface area (Å²) >= 11 is 5.81. The summed E-state index contributed by atoms with van der Waals surface area (Å²) in [6.45, 7) is 1.87. The largest absolute Gasteiger partial charge is 0.295 e. The molecule has 0 saturated carbocycles. The highest BCUT2D eigenvalue weighted by atomic mass is 35.5. The van der Waals surface area contributed by atoms with E-state index < -0.39 is 0 Å². The minimum Gasteiger partial charge on any atom is -0.295 e. The van der Waals surface area contributed by atoms with Crippen molar-refractivity contribution in [3.63, 3.8) is 0 Å². The first-order valence-electron chi connectivity index (χ1n) is 3.66. The lowest BCUT2D eigenvalue weighted by Gasteiger charge is -1.96. The van der Waals surface area contributed by atoms with Crippen molar-refractivity contribution in [3.8, 4) is 0 Å². The van der Waals surface area contributed by atoms with E-state index in [0.29, 0.717) is 6.42 Å². The topological polar surface area (TPSA) is 17.1 Å². The second-order valence-electron chi connectivity index (χ2n) is 2.51. The van der Waals surface area contributed by atoms with E-state index in [-0.39, 0.29) is 5.78 Å². The van der Waals surface area contributed by atoms with E-state index in [1.165, 1.54) is 0 Å². The number of Topliss-reactive ketones (excluding diaryl/α,β-unsaturated/α-hetero) is 1. The maximum absolute atomic E-state index is 11.1. The molecule has 0 unspecified atom stereocenters. The van der Waals surface area contributed by atoms with Crippen LogP contribution in [0.15, 0.2) is 10.6 Å². The second kappa shape index (κ2) is 3.20. The molecule has 0 N–H and O–H groups in total. The van der Waals surface area contributed by atoms with Gasteiger partial charge in [0.1, 0.15) is 0 Å². The molecule has 0 spiro atoms. The number of ketones is 1. The van der Waals surface area contributed by atoms with E-state index in [9.17, 15) is 4.79 Å². The highest BCUT2D eigenvalue weighted by Crippen LogP contribution is 2.29. The predicted molar refractivity (Wildman–Crippen MR) is 42.0 cm³/mol. The van der Waals surface area contributed by atoms with E-state index in [1.807, 2.05) is 6.92 Å². The number of rotatable bonds is 2. The number of halogens is 1. The standard InChI is InChI=1S/C8H11ClO/c1-2-8(10)6-4-3-5-7(6)9/h2-5H2,1H3. The third-order valence-corrected chi connectivity index (χ3v) is 2.23. The molecule has 0 aliphatic heterocycles. The third-order valence-electron chi connectivity index (χ3n) is 1.81. The quantitative estimate of drug-likeness (QED) is 0.604. The van der Waals surface area contributed by atoms with Crippen LogP contribution in [0.4, 0.5) is 0 Å². The van der Waals surface area contributed by atoms with Crippen LogP contribution in [-0.4, -0.2) is 5.78 Å². The zero-order valence-electron chi connectivity index (χ0n) is 6.11. The van der Waals surface area contributed by atoms with Crippen molar-refractivity contribution < 1.29 is 4.79 Å². The van der Waals surface area contributed by atoms with Crippen molar-refractivity contribution in [2.45, 2.75) is 32.6 Å². The van der Waals surface area contributed by atoms with Crippen LogP contribution in [0.3, 0.4) is 0 Å². The van der Waals surface area contributed by atoms with Crippen LogP contribution in [0.1, 0.15) is 32.6 Å². The molecule has 1 rings (SSSR count). The molecule has 0 aromatic rings. The monoisotopic (exact) mass is 158 g/mol. The molecule has 0 bridgehead atoms. The Hall–Kier alpha value is -0.300. The number of allylic oxidation sites excluding steroid dienone is 2. The minimum absolute atomic E-state index is 0.225. The summed E-state index contributed by atoms with van der Waals surface area (Å²) in [5.74, 6) is 0.225. The Morgan fingerprint density at radius 3 is 2.70 bits per heavy atom. The zero-order valence-corrected chi connectivity index (χ0v) is 6.87. The molecule has 1 aliphatic rings. The van der Waals surface area contributed by atoms with E-state index in [0.717, 1.165) is 29.9 Å². The molecule has 10 heavy (non-hydrogen) atoms. The molecule has 0 atom stereocenters. The fraction of sp³-hybridized carbons (Fsp3) is 0.625. The Bertz CT molecular complexity index is 182. The Labute approximate surface area is 66.1 Å². The van der Waals surface area contributed by atoms with Crippen LogP contribution in [0.25, 0.3) is 0 Å². The fourth-order valence-corrected chi connectivity index (χ4v) is 1.54. The lowest BCUT2D eigenvalue weighted by molar-refractivity contribution is -0.115. The van der Waals surface area contributed by atoms with E-state index >= 15 is 0 Å². The maximum Gasteiger partial charge on any atom is 0.159 e. The number of carbonyl (C=O) groups excluding carboxylic acids is 1. The third kappa shape index (κ3) is 1.40. The lowest BCUT2D eigenvalue weighted by Crippen LogP contribution is -1.97. The van der Waals surface area contributed by atoms with Crippen LogP contribution in [-0.2, 0) is 4.79 Å². The van der Waals surface area contributed by atoms with Crippen LogP contribution in [0.5, 0.6) is 0 Å². The van der Waals surface area contributed by atoms with Gasteiger partial charge in [0.15, 0.2) is 5.78 Å². The molecule has 1 aliphatic carbocycles. The molecular formula is C8H11ClO. The van der Waals surface area contributed by atoms with Gasteiger partial charge in [-0.05, 0) is 19.3 Å². The van der Waals surface area contributed by atoms with Gasteiger partial charge in [0.25, 0.3) is 0 Å². The Morgan fingerprint density at radius 2 is 2.30 bits per heavy atom. The first-order valence-corrected chi connectivity index (χ1v) is 4.04. The molecule has 0 radical (unpaired) electrons. The summed E-state index contributed by atoms with van der Waals surface area (Å²) in [5.41, 5.74) is 0.879. The Balaban J connectivity index is 2.71. The Morgan fingerprint density at radius 1 is 1.60 bits per heavy atom. The molecule has 56 valence electrons. The second-order valence-corrected chi connectivity index (χ2v) is 2.97. The molecule has 0 amide bonds. The van der Waals surface area contributed by atoms with Crippen molar-refractivity contribution in [2.75, 3.05) is 0 Å². The number of hydrogen-bond acceptors (Lipinski definition) is 1. The first kappa shape index (κ1) is 7.80. The molecule has 0 saturated heterocycles. The van der Waals surface area contributed by atoms with Crippen molar-refractivity contribution in [3.05, 3.63) is 10.6 Å². The van der Waals surface area contributed by atoms with Crippen molar-refractivity contribution >= 4 is 17.4 Å². The molecular weight excluding hydrogens is 148 g/mol. The van der Waals surface area contributed by atoms with Gasteiger partial charge in [-0.2, -0.15) is 0 Å². The van der Waals surface area contributed by atoms with Crippen molar-refractivity contribution in [1.82, 2.24) is 0 Å². The van der Waals surface area contributed by atoms with Gasteiger partial charge in [-0.25, -0.2) is 0 Å². The SMILES string of the molecule is CCC(=O)C1=C(Cl)CCC1. The van der Waals surface area contributed by atoms with Crippen LogP contribution < -0.4 is 0 Å². The minimum atomic E-state index is 0.225. The van der Waals surface area contributed by atoms with Crippen LogP contribution in [0, 0.1) is 0 Å². The predicted octanol–water partition coefficient (Wildman–Crippen LogP) is 2.64. The summed E-state index contributed by atoms with van der Waals surface area (Å²) in [6.07, 6.45) is 3.44. The van der Waals surface area contributed by atoms with Crippen LogP contribution >= 0.6 is 11.6 Å². The van der Waals surface area contributed by atoms with Gasteiger partial charge in [-0.1, -0.05) is 18.5 Å². The van der Waals surface area contributed by atoms with Crippen molar-refractivity contribution in [1.29, 1.82) is 0 Å². The summed E-state index contributed by atoms with van der Waals surface area (Å²) in [4.78, 5) is 11.1. The molecule has 0 aromatic carbocycles. The lowest BCUT2D eigenvalue weighted by atomic mass is 10.1. The fourth-order valence-electron chi connectivity index (χ4n) is 1.21. The highest BCUT2D eigenvalue weighted by molar-refractivity contribution is 6.32. The maximum atomic E-state index is 11.1. The first-order chi connectivity index (χ1) is 4.75. The molecule has 0 fully saturated rings. The zero-order chi connectivity index (χ0) is 7.56. The molecule has 2 heteroatoms. The van der Waals surface area contributed by atoms with Gasteiger partial charge >= 0.3 is 0 Å². The van der Waals surface area contributed by atoms with Gasteiger partial charge < -0.3 is 0 Å². The normalized spacial score (nSPS) is 18.2. The van der Waals surface area contributed by atoms with Crippen LogP contribution in [0.2, 0.25) is 0 Å². The molecule has 1 nitrogen and oxygen atoms in total. The molecule has 0 heterocycles. The van der Waals surface area contributed by atoms with E-state index in [4.69, 9.17) is 11.6 Å². The van der Waals surface area contributed by atoms with E-state index in [2.05, 4.69) is 0 Å². The summed E-state index contributed by atoms with van der Waals surface area (Å²) in [5, 5.41) is 0.798. The smallest absolute Gasteiger partial charge is 0.159 e. The van der Waals surface area contributed by atoms with Gasteiger partial charge in [0.2, 0.25) is 0 Å². The number of hydrogen-bond donors (Lipinski definition) is 0. The van der Waals surface area contributed by atoms with Gasteiger partial charge in [-0.15, -0.1) is 0 Å². The van der Waals surface area contributed by atoms with Gasteiger partial charge in [-0.3, -0.25) is 4.79 Å². The average molecular weight is 159 g/mol. The van der Waals surface area contributed by atoms with Gasteiger partial charge in [0.05, 0.1) is 0 Å². The highest BCUT2D eigenvalue weighted by Gasteiger charge is 2.17. The average Bonchev–Trinajstić information content (AvgIpc) is 2.34. The van der Waals surface area contributed by atoms with Crippen molar-refractivity contribution in [2.24, 2.45) is 0 Å². The summed E-state index contributed by atoms with van der Waals surface area (Å²) in [7, 11) is 0. The summed E-state index contributed by atoms with van der Waals surface area (Å²) in [6, 6.07) is 0. The molecule has 0 aromatic heterocycles.